The maximum Gasteiger partial charge on any atom is 0.213 e. The zero-order chi connectivity index (χ0) is 20.9. The van der Waals surface area contributed by atoms with Crippen molar-refractivity contribution in [1.82, 2.24) is 24.9 Å². The smallest absolute Gasteiger partial charge is 0.213 e. The van der Waals surface area contributed by atoms with E-state index in [4.69, 9.17) is 9.47 Å². The predicted octanol–water partition coefficient (Wildman–Crippen LogP) is 3.83. The highest BCUT2D eigenvalue weighted by atomic mass is 16.5. The van der Waals surface area contributed by atoms with Gasteiger partial charge in [0.25, 0.3) is 0 Å². The zero-order valence-corrected chi connectivity index (χ0v) is 17.9. The van der Waals surface area contributed by atoms with Crippen molar-refractivity contribution in [2.45, 2.75) is 32.9 Å². The minimum atomic E-state index is 0.317. The topological polar surface area (TPSA) is 65.3 Å². The molecule has 0 N–H and O–H groups in total. The molecule has 7 nitrogen and oxygen atoms in total. The summed E-state index contributed by atoms with van der Waals surface area (Å²) < 4.78 is 13.0. The van der Waals surface area contributed by atoms with Crippen molar-refractivity contribution in [3.05, 3.63) is 54.2 Å². The molecule has 158 valence electrons. The molecule has 1 aliphatic rings. The van der Waals surface area contributed by atoms with Crippen LogP contribution < -0.4 is 9.47 Å². The van der Waals surface area contributed by atoms with Crippen LogP contribution in [0.3, 0.4) is 0 Å². The molecule has 30 heavy (non-hydrogen) atoms. The average Bonchev–Trinajstić information content (AvgIpc) is 3.42. The quantitative estimate of drug-likeness (QED) is 0.565. The van der Waals surface area contributed by atoms with E-state index in [1.807, 2.05) is 35.1 Å². The Morgan fingerprint density at radius 2 is 2.00 bits per heavy atom. The molecule has 4 rings (SSSR count). The monoisotopic (exact) mass is 407 g/mol. The van der Waals surface area contributed by atoms with Crippen LogP contribution in [0, 0.1) is 5.92 Å². The van der Waals surface area contributed by atoms with Crippen LogP contribution in [0.5, 0.6) is 11.6 Å². The van der Waals surface area contributed by atoms with Gasteiger partial charge in [-0.1, -0.05) is 37.3 Å². The molecule has 1 aliphatic heterocycles. The summed E-state index contributed by atoms with van der Waals surface area (Å²) in [6, 6.07) is 14.4. The van der Waals surface area contributed by atoms with Gasteiger partial charge in [-0.15, -0.1) is 5.10 Å². The predicted molar refractivity (Wildman–Crippen MR) is 116 cm³/mol. The number of benzene rings is 1. The molecule has 3 aromatic rings. The van der Waals surface area contributed by atoms with Gasteiger partial charge >= 0.3 is 0 Å². The van der Waals surface area contributed by atoms with Crippen LogP contribution >= 0.6 is 0 Å². The SMILES string of the molecule is COc1cccc(-c2cn(C3CCN(Cc4cccc(OCC(C)C)c4)C3)nn2)n1. The van der Waals surface area contributed by atoms with Crippen molar-refractivity contribution in [3.8, 4) is 23.0 Å². The highest BCUT2D eigenvalue weighted by Crippen LogP contribution is 2.25. The summed E-state index contributed by atoms with van der Waals surface area (Å²) >= 11 is 0. The van der Waals surface area contributed by atoms with Crippen molar-refractivity contribution in [2.75, 3.05) is 26.8 Å². The van der Waals surface area contributed by atoms with E-state index in [-0.39, 0.29) is 0 Å². The lowest BCUT2D eigenvalue weighted by Gasteiger charge is -2.17. The molecule has 3 heterocycles. The van der Waals surface area contributed by atoms with Gasteiger partial charge in [0, 0.05) is 25.7 Å². The Kier molecular flexibility index (Phi) is 6.28. The molecule has 7 heteroatoms. The fraction of sp³-hybridized carbons (Fsp3) is 0.435. The summed E-state index contributed by atoms with van der Waals surface area (Å²) in [5, 5.41) is 8.69. The summed E-state index contributed by atoms with van der Waals surface area (Å²) in [5.74, 6) is 2.05. The molecule has 1 atom stereocenters. The van der Waals surface area contributed by atoms with E-state index < -0.39 is 0 Å². The van der Waals surface area contributed by atoms with Crippen LogP contribution in [0.4, 0.5) is 0 Å². The minimum absolute atomic E-state index is 0.317. The van der Waals surface area contributed by atoms with Crippen LogP contribution in [0.1, 0.15) is 31.9 Å². The van der Waals surface area contributed by atoms with E-state index in [9.17, 15) is 0 Å². The van der Waals surface area contributed by atoms with Crippen molar-refractivity contribution < 1.29 is 9.47 Å². The average molecular weight is 408 g/mol. The van der Waals surface area contributed by atoms with E-state index in [1.165, 1.54) is 5.56 Å². The maximum absolute atomic E-state index is 5.87. The maximum atomic E-state index is 5.87. The van der Waals surface area contributed by atoms with Crippen LogP contribution in [-0.4, -0.2) is 51.7 Å². The molecule has 0 saturated carbocycles. The van der Waals surface area contributed by atoms with Crippen molar-refractivity contribution in [2.24, 2.45) is 5.92 Å². The van der Waals surface area contributed by atoms with Crippen molar-refractivity contribution >= 4 is 0 Å². The Morgan fingerprint density at radius 1 is 1.13 bits per heavy atom. The summed E-state index contributed by atoms with van der Waals surface area (Å²) in [6.45, 7) is 7.96. The number of hydrogen-bond acceptors (Lipinski definition) is 6. The van der Waals surface area contributed by atoms with Gasteiger partial charge < -0.3 is 9.47 Å². The van der Waals surface area contributed by atoms with Gasteiger partial charge in [-0.3, -0.25) is 4.90 Å². The van der Waals surface area contributed by atoms with E-state index in [0.717, 1.165) is 49.8 Å². The molecule has 0 spiro atoms. The molecule has 0 bridgehead atoms. The van der Waals surface area contributed by atoms with Crippen LogP contribution in [0.2, 0.25) is 0 Å². The Labute approximate surface area is 177 Å². The van der Waals surface area contributed by atoms with E-state index in [1.54, 1.807) is 7.11 Å². The van der Waals surface area contributed by atoms with Gasteiger partial charge in [-0.05, 0) is 36.1 Å². The minimum Gasteiger partial charge on any atom is -0.493 e. The van der Waals surface area contributed by atoms with Crippen LogP contribution in [0.25, 0.3) is 11.4 Å². The molecule has 1 fully saturated rings. The Morgan fingerprint density at radius 3 is 2.83 bits per heavy atom. The summed E-state index contributed by atoms with van der Waals surface area (Å²) in [7, 11) is 1.61. The van der Waals surface area contributed by atoms with E-state index in [0.29, 0.717) is 17.8 Å². The normalized spacial score (nSPS) is 16.9. The first-order valence-electron chi connectivity index (χ1n) is 10.5. The first kappa shape index (κ1) is 20.3. The van der Waals surface area contributed by atoms with Crippen LogP contribution in [0.15, 0.2) is 48.7 Å². The van der Waals surface area contributed by atoms with E-state index in [2.05, 4.69) is 52.2 Å². The number of ether oxygens (including phenoxy) is 2. The molecule has 1 unspecified atom stereocenters. The molecule has 0 amide bonds. The summed E-state index contributed by atoms with van der Waals surface area (Å²) in [5.41, 5.74) is 2.81. The van der Waals surface area contributed by atoms with Gasteiger partial charge in [-0.2, -0.15) is 0 Å². The lowest BCUT2D eigenvalue weighted by Crippen LogP contribution is -2.21. The van der Waals surface area contributed by atoms with Gasteiger partial charge in [0.2, 0.25) is 5.88 Å². The van der Waals surface area contributed by atoms with Gasteiger partial charge in [-0.25, -0.2) is 9.67 Å². The third-order valence-corrected chi connectivity index (χ3v) is 5.21. The van der Waals surface area contributed by atoms with Gasteiger partial charge in [0.15, 0.2) is 0 Å². The third kappa shape index (κ3) is 4.97. The Balaban J connectivity index is 1.37. The molecular formula is C23H29N5O2. The highest BCUT2D eigenvalue weighted by molar-refractivity contribution is 5.52. The second kappa shape index (κ2) is 9.26. The number of rotatable bonds is 8. The van der Waals surface area contributed by atoms with E-state index >= 15 is 0 Å². The lowest BCUT2D eigenvalue weighted by atomic mass is 10.2. The van der Waals surface area contributed by atoms with Crippen LogP contribution in [-0.2, 0) is 6.54 Å². The standard InChI is InChI=1S/C23H29N5O2/c1-17(2)16-30-20-7-4-6-18(12-20)13-27-11-10-19(14-27)28-15-22(25-26-28)21-8-5-9-23(24-21)29-3/h4-9,12,15,17,19H,10-11,13-14,16H2,1-3H3. The number of nitrogens with zero attached hydrogens (tertiary/aromatic N) is 5. The molecule has 2 aromatic heterocycles. The molecule has 1 aromatic carbocycles. The fourth-order valence-corrected chi connectivity index (χ4v) is 3.67. The van der Waals surface area contributed by atoms with Gasteiger partial charge in [0.05, 0.1) is 31.6 Å². The highest BCUT2D eigenvalue weighted by Gasteiger charge is 2.25. The third-order valence-electron chi connectivity index (χ3n) is 5.21. The van der Waals surface area contributed by atoms with Crippen molar-refractivity contribution in [1.29, 1.82) is 0 Å². The second-order valence-electron chi connectivity index (χ2n) is 8.18. The summed E-state index contributed by atoms with van der Waals surface area (Å²) in [6.07, 6.45) is 3.04. The lowest BCUT2D eigenvalue weighted by molar-refractivity contribution is 0.269. The number of aromatic nitrogens is 4. The largest absolute Gasteiger partial charge is 0.493 e. The molecule has 0 aliphatic carbocycles. The number of methoxy groups -OCH3 is 1. The number of likely N-dealkylation sites (tertiary alicyclic amines) is 1. The second-order valence-corrected chi connectivity index (χ2v) is 8.18. The van der Waals surface area contributed by atoms with Gasteiger partial charge in [0.1, 0.15) is 11.4 Å². The zero-order valence-electron chi connectivity index (χ0n) is 17.9. The molecular weight excluding hydrogens is 378 g/mol. The fourth-order valence-electron chi connectivity index (χ4n) is 3.67. The first-order valence-corrected chi connectivity index (χ1v) is 10.5. The number of pyridine rings is 1. The van der Waals surface area contributed by atoms with Crippen molar-refractivity contribution in [3.63, 3.8) is 0 Å². The number of hydrogen-bond donors (Lipinski definition) is 0. The Bertz CT molecular complexity index is 971. The molecule has 1 saturated heterocycles. The molecule has 0 radical (unpaired) electrons. The Hall–Kier alpha value is -2.93. The first-order chi connectivity index (χ1) is 14.6. The summed E-state index contributed by atoms with van der Waals surface area (Å²) in [4.78, 5) is 6.90.